The van der Waals surface area contributed by atoms with E-state index in [0.29, 0.717) is 11.8 Å². The molecular formula is C18H18ClN2OP. The third-order valence-electron chi connectivity index (χ3n) is 4.13. The molecule has 5 heteroatoms. The van der Waals surface area contributed by atoms with E-state index in [1.165, 1.54) is 16.7 Å². The van der Waals surface area contributed by atoms with Crippen LogP contribution in [0.3, 0.4) is 0 Å². The van der Waals surface area contributed by atoms with Gasteiger partial charge in [0.1, 0.15) is 8.22 Å². The molecule has 2 heterocycles. The lowest BCUT2D eigenvalue weighted by atomic mass is 10.3. The lowest BCUT2D eigenvalue weighted by Gasteiger charge is -2.32. The van der Waals surface area contributed by atoms with Crippen molar-refractivity contribution in [2.45, 2.75) is 6.42 Å². The molecule has 0 amide bonds. The Morgan fingerprint density at radius 2 is 1.35 bits per heavy atom. The van der Waals surface area contributed by atoms with Crippen molar-refractivity contribution in [3.8, 4) is 0 Å². The molecule has 1 fully saturated rings. The topological polar surface area (TPSA) is 15.7 Å². The third kappa shape index (κ3) is 2.80. The normalized spacial score (nSPS) is 18.7. The molecule has 4 rings (SSSR count). The second-order valence-electron chi connectivity index (χ2n) is 5.53. The van der Waals surface area contributed by atoms with Crippen molar-refractivity contribution in [3.05, 3.63) is 71.2 Å². The number of para-hydroxylation sites is 2. The van der Waals surface area contributed by atoms with E-state index in [9.17, 15) is 0 Å². The van der Waals surface area contributed by atoms with Crippen LogP contribution in [0.15, 0.2) is 71.2 Å². The summed E-state index contributed by atoms with van der Waals surface area (Å²) in [7, 11) is -0.676. The minimum Gasteiger partial charge on any atom is -0.482 e. The Balaban J connectivity index is 1.75. The molecule has 2 aliphatic heterocycles. The molecule has 0 aromatic heterocycles. The van der Waals surface area contributed by atoms with Crippen molar-refractivity contribution in [1.29, 1.82) is 0 Å². The minimum absolute atomic E-state index is 0.597. The number of halogens is 1. The fourth-order valence-corrected chi connectivity index (χ4v) is 6.09. The molecule has 1 saturated heterocycles. The summed E-state index contributed by atoms with van der Waals surface area (Å²) in [6.07, 6.45) is 0.914. The monoisotopic (exact) mass is 344 g/mol. The number of hydrogen-bond donors (Lipinski definition) is 0. The molecule has 0 unspecified atom stereocenters. The van der Waals surface area contributed by atoms with Crippen molar-refractivity contribution in [3.63, 3.8) is 0 Å². The van der Waals surface area contributed by atoms with Crippen LogP contribution in [0.25, 0.3) is 0 Å². The van der Waals surface area contributed by atoms with Gasteiger partial charge in [-0.05, 0) is 35.9 Å². The first-order valence-electron chi connectivity index (χ1n) is 7.81. The van der Waals surface area contributed by atoms with Crippen molar-refractivity contribution < 1.29 is 4.74 Å². The zero-order valence-corrected chi connectivity index (χ0v) is 14.4. The molecule has 0 atom stereocenters. The van der Waals surface area contributed by atoms with E-state index in [-0.39, 0.29) is 0 Å². The lowest BCUT2D eigenvalue weighted by molar-refractivity contribution is 0.269. The highest BCUT2D eigenvalue weighted by Crippen LogP contribution is 2.61. The van der Waals surface area contributed by atoms with Crippen molar-refractivity contribution in [2.75, 3.05) is 29.0 Å². The van der Waals surface area contributed by atoms with Crippen LogP contribution in [-0.2, 0) is 4.74 Å². The fourth-order valence-electron chi connectivity index (χ4n) is 3.08. The van der Waals surface area contributed by atoms with Gasteiger partial charge >= 0.3 is 0 Å². The molecule has 0 bridgehead atoms. The highest BCUT2D eigenvalue weighted by molar-refractivity contribution is 7.65. The van der Waals surface area contributed by atoms with E-state index in [2.05, 4.69) is 70.0 Å². The first-order valence-corrected chi connectivity index (χ1v) is 9.44. The van der Waals surface area contributed by atoms with Crippen LogP contribution in [0.1, 0.15) is 6.42 Å². The van der Waals surface area contributed by atoms with Crippen molar-refractivity contribution >= 4 is 31.2 Å². The molecule has 2 aliphatic rings. The summed E-state index contributed by atoms with van der Waals surface area (Å²) in [4.78, 5) is 0. The van der Waals surface area contributed by atoms with E-state index >= 15 is 0 Å². The van der Waals surface area contributed by atoms with Gasteiger partial charge in [0.15, 0.2) is 5.22 Å². The second kappa shape index (κ2) is 6.43. The molecule has 2 aromatic rings. The van der Waals surface area contributed by atoms with E-state index in [4.69, 9.17) is 16.3 Å². The molecule has 0 saturated carbocycles. The summed E-state index contributed by atoms with van der Waals surface area (Å²) in [6, 6.07) is 21.2. The lowest BCUT2D eigenvalue weighted by Crippen LogP contribution is -2.15. The summed E-state index contributed by atoms with van der Waals surface area (Å²) < 4.78 is 10.5. The Morgan fingerprint density at radius 1 is 0.826 bits per heavy atom. The SMILES string of the molecule is ClC1=C(P2N(c3ccccc3)CCN2c2ccccc2)CCO1. The molecule has 118 valence electrons. The summed E-state index contributed by atoms with van der Waals surface area (Å²) in [5.74, 6) is 0. The first kappa shape index (κ1) is 14.9. The molecular weight excluding hydrogens is 327 g/mol. The molecule has 0 N–H and O–H groups in total. The summed E-state index contributed by atoms with van der Waals surface area (Å²) in [5.41, 5.74) is 2.50. The average molecular weight is 345 g/mol. The van der Waals surface area contributed by atoms with Gasteiger partial charge in [-0.3, -0.25) is 0 Å². The molecule has 23 heavy (non-hydrogen) atoms. The fraction of sp³-hybridized carbons (Fsp3) is 0.222. The highest BCUT2D eigenvalue weighted by atomic mass is 35.5. The Morgan fingerprint density at radius 3 is 1.78 bits per heavy atom. The van der Waals surface area contributed by atoms with E-state index in [1.807, 2.05) is 0 Å². The van der Waals surface area contributed by atoms with Gasteiger partial charge in [0, 0.05) is 30.9 Å². The van der Waals surface area contributed by atoms with Gasteiger partial charge in [0.05, 0.1) is 11.9 Å². The zero-order valence-electron chi connectivity index (χ0n) is 12.7. The average Bonchev–Trinajstić information content (AvgIpc) is 3.22. The summed E-state index contributed by atoms with van der Waals surface area (Å²) in [5, 5.41) is 1.84. The molecule has 0 spiro atoms. The van der Waals surface area contributed by atoms with Gasteiger partial charge in [0.25, 0.3) is 0 Å². The minimum atomic E-state index is -0.676. The Bertz CT molecular complexity index is 660. The molecule has 0 radical (unpaired) electrons. The smallest absolute Gasteiger partial charge is 0.194 e. The molecule has 0 aliphatic carbocycles. The number of rotatable bonds is 3. The van der Waals surface area contributed by atoms with Crippen molar-refractivity contribution in [1.82, 2.24) is 0 Å². The quantitative estimate of drug-likeness (QED) is 0.716. The van der Waals surface area contributed by atoms with Crippen LogP contribution in [0, 0.1) is 0 Å². The van der Waals surface area contributed by atoms with E-state index in [0.717, 1.165) is 19.5 Å². The maximum Gasteiger partial charge on any atom is 0.194 e. The largest absolute Gasteiger partial charge is 0.482 e. The number of benzene rings is 2. The number of hydrogen-bond acceptors (Lipinski definition) is 3. The van der Waals surface area contributed by atoms with Gasteiger partial charge in [0.2, 0.25) is 0 Å². The van der Waals surface area contributed by atoms with E-state index in [1.54, 1.807) is 0 Å². The number of ether oxygens (including phenoxy) is 1. The van der Waals surface area contributed by atoms with Gasteiger partial charge in [-0.1, -0.05) is 36.4 Å². The van der Waals surface area contributed by atoms with Crippen LogP contribution >= 0.6 is 19.8 Å². The Kier molecular flexibility index (Phi) is 4.15. The Labute approximate surface area is 143 Å². The van der Waals surface area contributed by atoms with Crippen molar-refractivity contribution in [2.24, 2.45) is 0 Å². The third-order valence-corrected chi connectivity index (χ3v) is 7.28. The van der Waals surface area contributed by atoms with Crippen LogP contribution in [0.5, 0.6) is 0 Å². The summed E-state index contributed by atoms with van der Waals surface area (Å²) >= 11 is 6.38. The van der Waals surface area contributed by atoms with Gasteiger partial charge in [-0.25, -0.2) is 0 Å². The van der Waals surface area contributed by atoms with Crippen LogP contribution in [0.4, 0.5) is 11.4 Å². The van der Waals surface area contributed by atoms with Gasteiger partial charge in [-0.15, -0.1) is 0 Å². The standard InChI is InChI=1S/C18H18ClN2OP/c19-18-17(11-14-22-18)23-20(15-7-3-1-4-8-15)12-13-21(23)16-9-5-2-6-10-16/h1-10H,11-14H2. The van der Waals surface area contributed by atoms with E-state index < -0.39 is 8.22 Å². The summed E-state index contributed by atoms with van der Waals surface area (Å²) in [6.45, 7) is 2.69. The second-order valence-corrected chi connectivity index (χ2v) is 7.95. The zero-order chi connectivity index (χ0) is 15.6. The van der Waals surface area contributed by atoms with Gasteiger partial charge < -0.3 is 14.1 Å². The number of anilines is 2. The van der Waals surface area contributed by atoms with Gasteiger partial charge in [-0.2, -0.15) is 0 Å². The maximum atomic E-state index is 6.38. The number of nitrogens with zero attached hydrogens (tertiary/aromatic N) is 2. The van der Waals surface area contributed by atoms with Crippen LogP contribution in [-0.4, -0.2) is 19.7 Å². The van der Waals surface area contributed by atoms with Crippen LogP contribution < -0.4 is 9.34 Å². The first-order chi connectivity index (χ1) is 11.3. The Hall–Kier alpha value is -1.70. The maximum absolute atomic E-state index is 6.38. The highest BCUT2D eigenvalue weighted by Gasteiger charge is 2.39. The molecule has 2 aromatic carbocycles. The molecule has 3 nitrogen and oxygen atoms in total. The predicted molar refractivity (Wildman–Crippen MR) is 97.9 cm³/mol. The predicted octanol–water partition coefficient (Wildman–Crippen LogP) is 5.15. The van der Waals surface area contributed by atoms with Crippen LogP contribution in [0.2, 0.25) is 0 Å².